The van der Waals surface area contributed by atoms with Crippen molar-refractivity contribution in [1.29, 1.82) is 0 Å². The molecular formula is C22H33LiN2O4S2. The van der Waals surface area contributed by atoms with Crippen LogP contribution < -0.4 is 28.7 Å². The third-order valence-electron chi connectivity index (χ3n) is 4.88. The average molecular weight is 461 g/mol. The van der Waals surface area contributed by atoms with E-state index in [2.05, 4.69) is 34.1 Å². The van der Waals surface area contributed by atoms with Gasteiger partial charge in [-0.25, -0.2) is 0 Å². The van der Waals surface area contributed by atoms with Crippen LogP contribution in [0.4, 0.5) is 11.4 Å². The fourth-order valence-electron chi connectivity index (χ4n) is 3.55. The molecule has 0 unspecified atom stereocenters. The molecule has 168 valence electrons. The Labute approximate surface area is 211 Å². The van der Waals surface area contributed by atoms with E-state index in [-0.39, 0.29) is 69.5 Å². The van der Waals surface area contributed by atoms with Gasteiger partial charge in [-0.05, 0) is 30.7 Å². The maximum absolute atomic E-state index is 10.8. The zero-order valence-electron chi connectivity index (χ0n) is 18.3. The number of esters is 1. The molecule has 0 saturated carbocycles. The number of anilines is 2. The summed E-state index contributed by atoms with van der Waals surface area (Å²) in [6, 6.07) is 20.4. The average Bonchev–Trinajstić information content (AvgIpc) is 3.32. The molecule has 31 heavy (non-hydrogen) atoms. The van der Waals surface area contributed by atoms with E-state index < -0.39 is 0 Å². The summed E-state index contributed by atoms with van der Waals surface area (Å²) >= 11 is 0. The summed E-state index contributed by atoms with van der Waals surface area (Å²) in [5.41, 5.74) is 2.42. The fraction of sp³-hybridized carbons (Fsp3) is 0.409. The van der Waals surface area contributed by atoms with Crippen LogP contribution in [0.25, 0.3) is 0 Å². The smallest absolute Gasteiger partial charge is 0.870 e. The van der Waals surface area contributed by atoms with Crippen molar-refractivity contribution >= 4 is 44.3 Å². The molecule has 4 rings (SSSR count). The largest absolute Gasteiger partial charge is 1.00 e. The minimum absolute atomic E-state index is 0. The molecule has 2 aromatic carbocycles. The molecule has 0 aliphatic carbocycles. The Balaban J connectivity index is 0. The SMILES string of the molecule is CC(=O)O[C@H]1CCN(c2ccccc2)C1.O[C@H]1CCN(c2ccccc2)C1.S.S.[Li+].[OH-]. The first-order chi connectivity index (χ1) is 13.1. The van der Waals surface area contributed by atoms with E-state index in [0.29, 0.717) is 0 Å². The second-order valence-electron chi connectivity index (χ2n) is 7.03. The van der Waals surface area contributed by atoms with Crippen LogP contribution in [0.1, 0.15) is 19.8 Å². The quantitative estimate of drug-likeness (QED) is 0.518. The van der Waals surface area contributed by atoms with E-state index in [9.17, 15) is 9.90 Å². The first kappa shape index (κ1) is 31.9. The number of benzene rings is 2. The standard InChI is InChI=1S/C12H15NO2.C10H13NO.Li.H2O.2H2S/c1-10(14)15-12-7-8-13(9-12)11-5-3-2-4-6-11;12-10-6-7-11(8-10)9-4-2-1-3-5-9;;;;/h2-6,12H,7-9H2,1H3;1-5,10,12H,6-8H2;;3*1H2/q;;+1;;;/p-1/t12-;10-;;;;/m00..../s1. The number of hydrogen-bond acceptors (Lipinski definition) is 6. The molecular weight excluding hydrogens is 427 g/mol. The maximum atomic E-state index is 10.8. The normalized spacial score (nSPS) is 18.8. The van der Waals surface area contributed by atoms with Gasteiger partial charge < -0.3 is 25.1 Å². The van der Waals surface area contributed by atoms with E-state index in [1.54, 1.807) is 0 Å². The van der Waals surface area contributed by atoms with Crippen molar-refractivity contribution in [3.8, 4) is 0 Å². The summed E-state index contributed by atoms with van der Waals surface area (Å²) in [7, 11) is 0. The summed E-state index contributed by atoms with van der Waals surface area (Å²) in [6.45, 7) is 4.99. The number of hydrogen-bond donors (Lipinski definition) is 1. The molecule has 0 spiro atoms. The van der Waals surface area contributed by atoms with Crippen molar-refractivity contribution in [2.24, 2.45) is 0 Å². The number of para-hydroxylation sites is 2. The predicted octanol–water partition coefficient (Wildman–Crippen LogP) is 0.139. The zero-order valence-corrected chi connectivity index (χ0v) is 20.3. The Hall–Kier alpha value is -1.27. The Kier molecular flexibility index (Phi) is 16.9. The Bertz CT molecular complexity index is 728. The first-order valence-electron chi connectivity index (χ1n) is 9.57. The number of rotatable bonds is 3. The van der Waals surface area contributed by atoms with Crippen molar-refractivity contribution in [3.05, 3.63) is 60.7 Å². The molecule has 2 fully saturated rings. The van der Waals surface area contributed by atoms with Gasteiger partial charge in [-0.1, -0.05) is 36.4 Å². The Morgan fingerprint density at radius 1 is 0.871 bits per heavy atom. The van der Waals surface area contributed by atoms with Crippen LogP contribution in [0, 0.1) is 0 Å². The Morgan fingerprint density at radius 3 is 1.74 bits per heavy atom. The molecule has 6 nitrogen and oxygen atoms in total. The number of aliphatic hydroxyl groups excluding tert-OH is 1. The molecule has 9 heteroatoms. The van der Waals surface area contributed by atoms with Crippen LogP contribution in [0.3, 0.4) is 0 Å². The third kappa shape index (κ3) is 10.3. The van der Waals surface area contributed by atoms with E-state index in [0.717, 1.165) is 39.0 Å². The van der Waals surface area contributed by atoms with Crippen molar-refractivity contribution in [2.75, 3.05) is 36.0 Å². The van der Waals surface area contributed by atoms with E-state index in [1.165, 1.54) is 18.3 Å². The molecule has 0 radical (unpaired) electrons. The summed E-state index contributed by atoms with van der Waals surface area (Å²) in [5.74, 6) is -0.185. The van der Waals surface area contributed by atoms with E-state index >= 15 is 0 Å². The summed E-state index contributed by atoms with van der Waals surface area (Å²) in [4.78, 5) is 15.3. The van der Waals surface area contributed by atoms with Gasteiger partial charge in [0.05, 0.1) is 12.6 Å². The van der Waals surface area contributed by atoms with Crippen LogP contribution in [0.5, 0.6) is 0 Å². The first-order valence-corrected chi connectivity index (χ1v) is 9.57. The number of aliphatic hydroxyl groups is 1. The van der Waals surface area contributed by atoms with Gasteiger partial charge in [-0.3, -0.25) is 4.79 Å². The molecule has 2 atom stereocenters. The third-order valence-corrected chi connectivity index (χ3v) is 4.88. The van der Waals surface area contributed by atoms with Crippen LogP contribution >= 0.6 is 27.0 Å². The van der Waals surface area contributed by atoms with Gasteiger partial charge in [0.2, 0.25) is 0 Å². The second kappa shape index (κ2) is 16.4. The Morgan fingerprint density at radius 2 is 1.32 bits per heavy atom. The molecule has 2 aliphatic heterocycles. The topological polar surface area (TPSA) is 83.0 Å². The number of carbonyl (C=O) groups excluding carboxylic acids is 1. The van der Waals surface area contributed by atoms with E-state index in [4.69, 9.17) is 4.74 Å². The minimum Gasteiger partial charge on any atom is -0.870 e. The van der Waals surface area contributed by atoms with Crippen molar-refractivity contribution in [2.45, 2.75) is 32.0 Å². The van der Waals surface area contributed by atoms with Gasteiger partial charge in [-0.2, -0.15) is 27.0 Å². The summed E-state index contributed by atoms with van der Waals surface area (Å²) in [6.07, 6.45) is 1.75. The van der Waals surface area contributed by atoms with Gasteiger partial charge in [0.1, 0.15) is 6.10 Å². The number of β-amino-alcohol motifs (C(OH)–C–C–N with tert-alkyl or cyclic N) is 1. The number of carbonyl (C=O) groups is 1. The molecule has 0 amide bonds. The molecule has 2 aliphatic rings. The molecule has 2 heterocycles. The minimum atomic E-state index is -0.185. The van der Waals surface area contributed by atoms with Gasteiger partial charge in [0.25, 0.3) is 0 Å². The molecule has 2 aromatic rings. The van der Waals surface area contributed by atoms with Crippen LogP contribution in [-0.2, 0) is 9.53 Å². The van der Waals surface area contributed by atoms with Crippen LogP contribution in [-0.4, -0.2) is 54.9 Å². The van der Waals surface area contributed by atoms with Crippen molar-refractivity contribution in [1.82, 2.24) is 0 Å². The van der Waals surface area contributed by atoms with Gasteiger partial charge >= 0.3 is 24.8 Å². The van der Waals surface area contributed by atoms with Gasteiger partial charge in [0, 0.05) is 44.4 Å². The van der Waals surface area contributed by atoms with Crippen LogP contribution in [0.2, 0.25) is 0 Å². The zero-order chi connectivity index (χ0) is 19.1. The molecule has 0 bridgehead atoms. The monoisotopic (exact) mass is 460 g/mol. The molecule has 2 N–H and O–H groups in total. The number of nitrogens with zero attached hydrogens (tertiary/aromatic N) is 2. The van der Waals surface area contributed by atoms with Gasteiger partial charge in [0.15, 0.2) is 0 Å². The van der Waals surface area contributed by atoms with Crippen LogP contribution in [0.15, 0.2) is 60.7 Å². The van der Waals surface area contributed by atoms with Crippen molar-refractivity contribution < 1.29 is 39.0 Å². The second-order valence-corrected chi connectivity index (χ2v) is 7.03. The van der Waals surface area contributed by atoms with E-state index in [1.807, 2.05) is 36.4 Å². The maximum Gasteiger partial charge on any atom is 1.00 e. The predicted molar refractivity (Wildman–Crippen MR) is 131 cm³/mol. The van der Waals surface area contributed by atoms with Gasteiger partial charge in [-0.15, -0.1) is 0 Å². The molecule has 0 aromatic heterocycles. The fourth-order valence-corrected chi connectivity index (χ4v) is 3.55. The number of ether oxygens (including phenoxy) is 1. The molecule has 2 saturated heterocycles. The summed E-state index contributed by atoms with van der Waals surface area (Å²) in [5, 5.41) is 9.32. The summed E-state index contributed by atoms with van der Waals surface area (Å²) < 4.78 is 5.18. The van der Waals surface area contributed by atoms with Crippen molar-refractivity contribution in [3.63, 3.8) is 0 Å².